The van der Waals surface area contributed by atoms with Gasteiger partial charge < -0.3 is 5.32 Å². The molecule has 0 saturated heterocycles. The summed E-state index contributed by atoms with van der Waals surface area (Å²) in [7, 11) is 0. The fraction of sp³-hybridized carbons (Fsp3) is 0.333. The lowest BCUT2D eigenvalue weighted by atomic mass is 10.1. The second-order valence-electron chi connectivity index (χ2n) is 2.69. The maximum Gasteiger partial charge on any atom is 0.303 e. The Kier molecular flexibility index (Phi) is 3.37. The van der Waals surface area contributed by atoms with Crippen molar-refractivity contribution in [1.82, 2.24) is 5.32 Å². The highest BCUT2D eigenvalue weighted by Crippen LogP contribution is 2.07. The molecule has 0 saturated carbocycles. The van der Waals surface area contributed by atoms with Crippen LogP contribution in [0.15, 0.2) is 24.3 Å². The molecule has 1 aliphatic carbocycles. The number of amides is 1. The molecule has 0 aromatic rings. The minimum Gasteiger partial charge on any atom is -0.355 e. The molecule has 70 valence electrons. The summed E-state index contributed by atoms with van der Waals surface area (Å²) in [5.41, 5.74) is 0. The van der Waals surface area contributed by atoms with Crippen LogP contribution in [0.1, 0.15) is 6.42 Å². The van der Waals surface area contributed by atoms with Gasteiger partial charge in [-0.25, -0.2) is 0 Å². The average molecular weight is 183 g/mol. The Morgan fingerprint density at radius 2 is 1.92 bits per heavy atom. The number of hydrogen-bond acceptors (Lipinski definition) is 2. The van der Waals surface area contributed by atoms with Crippen molar-refractivity contribution in [3.63, 3.8) is 0 Å². The van der Waals surface area contributed by atoms with E-state index >= 15 is 0 Å². The SMILES string of the molecule is O=C(F)CCNC(=O)C1C=CC=C1. The Balaban J connectivity index is 2.22. The van der Waals surface area contributed by atoms with Gasteiger partial charge in [-0.3, -0.25) is 9.59 Å². The van der Waals surface area contributed by atoms with Crippen LogP contribution >= 0.6 is 0 Å². The maximum atomic E-state index is 11.7. The lowest BCUT2D eigenvalue weighted by Crippen LogP contribution is -2.29. The molecule has 0 heterocycles. The van der Waals surface area contributed by atoms with Crippen LogP contribution in [0.5, 0.6) is 0 Å². The fourth-order valence-electron chi connectivity index (χ4n) is 1.01. The number of carbonyl (C=O) groups is 2. The molecular weight excluding hydrogens is 173 g/mol. The van der Waals surface area contributed by atoms with Crippen LogP contribution in [0.25, 0.3) is 0 Å². The van der Waals surface area contributed by atoms with Gasteiger partial charge in [0, 0.05) is 6.54 Å². The van der Waals surface area contributed by atoms with Gasteiger partial charge in [-0.05, 0) is 0 Å². The summed E-state index contributed by atoms with van der Waals surface area (Å²) in [6, 6.07) is -1.40. The summed E-state index contributed by atoms with van der Waals surface area (Å²) >= 11 is 0. The van der Waals surface area contributed by atoms with Crippen molar-refractivity contribution >= 4 is 11.9 Å². The Morgan fingerprint density at radius 3 is 2.46 bits per heavy atom. The van der Waals surface area contributed by atoms with Crippen LogP contribution < -0.4 is 5.32 Å². The third-order valence-electron chi connectivity index (χ3n) is 1.67. The zero-order chi connectivity index (χ0) is 9.68. The molecule has 0 aliphatic heterocycles. The van der Waals surface area contributed by atoms with Crippen molar-refractivity contribution in [3.05, 3.63) is 24.3 Å². The summed E-state index contributed by atoms with van der Waals surface area (Å²) in [4.78, 5) is 21.1. The Morgan fingerprint density at radius 1 is 1.31 bits per heavy atom. The molecule has 1 N–H and O–H groups in total. The third-order valence-corrected chi connectivity index (χ3v) is 1.67. The van der Waals surface area contributed by atoms with Gasteiger partial charge >= 0.3 is 6.04 Å². The normalized spacial score (nSPS) is 14.8. The molecule has 0 bridgehead atoms. The molecule has 0 aromatic carbocycles. The first-order chi connectivity index (χ1) is 6.20. The zero-order valence-electron chi connectivity index (χ0n) is 7.00. The van der Waals surface area contributed by atoms with E-state index in [-0.39, 0.29) is 24.8 Å². The second-order valence-corrected chi connectivity index (χ2v) is 2.69. The van der Waals surface area contributed by atoms with Crippen molar-refractivity contribution in [2.24, 2.45) is 5.92 Å². The Bertz CT molecular complexity index is 259. The molecule has 1 aliphatic rings. The average Bonchev–Trinajstić information content (AvgIpc) is 2.55. The summed E-state index contributed by atoms with van der Waals surface area (Å²) in [6.45, 7) is 0.0619. The van der Waals surface area contributed by atoms with E-state index in [0.717, 1.165) is 0 Å². The lowest BCUT2D eigenvalue weighted by Gasteiger charge is -2.05. The third kappa shape index (κ3) is 3.19. The van der Waals surface area contributed by atoms with Gasteiger partial charge in [-0.15, -0.1) is 0 Å². The van der Waals surface area contributed by atoms with Crippen molar-refractivity contribution in [3.8, 4) is 0 Å². The van der Waals surface area contributed by atoms with Crippen LogP contribution in [0.4, 0.5) is 4.39 Å². The van der Waals surface area contributed by atoms with E-state index in [1.807, 2.05) is 0 Å². The van der Waals surface area contributed by atoms with Gasteiger partial charge in [-0.1, -0.05) is 24.3 Å². The predicted molar refractivity (Wildman–Crippen MR) is 45.5 cm³/mol. The van der Waals surface area contributed by atoms with Crippen molar-refractivity contribution < 1.29 is 14.0 Å². The van der Waals surface area contributed by atoms with E-state index in [2.05, 4.69) is 5.32 Å². The molecular formula is C9H10FNO2. The van der Waals surface area contributed by atoms with Crippen molar-refractivity contribution in [1.29, 1.82) is 0 Å². The molecule has 0 fully saturated rings. The fourth-order valence-corrected chi connectivity index (χ4v) is 1.01. The first-order valence-electron chi connectivity index (χ1n) is 4.01. The van der Waals surface area contributed by atoms with Crippen LogP contribution in [0.2, 0.25) is 0 Å². The first kappa shape index (κ1) is 9.64. The molecule has 0 spiro atoms. The van der Waals surface area contributed by atoms with Gasteiger partial charge in [0.25, 0.3) is 0 Å². The lowest BCUT2D eigenvalue weighted by molar-refractivity contribution is -0.129. The van der Waals surface area contributed by atoms with Gasteiger partial charge in [-0.2, -0.15) is 4.39 Å². The molecule has 0 radical (unpaired) electrons. The van der Waals surface area contributed by atoms with E-state index in [4.69, 9.17) is 0 Å². The smallest absolute Gasteiger partial charge is 0.303 e. The van der Waals surface area contributed by atoms with Gasteiger partial charge in [0.2, 0.25) is 5.91 Å². The highest BCUT2D eigenvalue weighted by molar-refractivity contribution is 5.83. The topological polar surface area (TPSA) is 46.2 Å². The van der Waals surface area contributed by atoms with Gasteiger partial charge in [0.05, 0.1) is 12.3 Å². The largest absolute Gasteiger partial charge is 0.355 e. The number of carbonyl (C=O) groups excluding carboxylic acids is 2. The number of hydrogen-bond donors (Lipinski definition) is 1. The highest BCUT2D eigenvalue weighted by atomic mass is 19.1. The molecule has 0 unspecified atom stereocenters. The van der Waals surface area contributed by atoms with Crippen LogP contribution in [-0.4, -0.2) is 18.5 Å². The molecule has 0 atom stereocenters. The number of halogens is 1. The quantitative estimate of drug-likeness (QED) is 0.653. The van der Waals surface area contributed by atoms with Crippen LogP contribution in [0, 0.1) is 5.92 Å². The minimum absolute atomic E-state index is 0.0619. The molecule has 1 amide bonds. The van der Waals surface area contributed by atoms with E-state index in [9.17, 15) is 14.0 Å². The molecule has 3 nitrogen and oxygen atoms in total. The molecule has 1 rings (SSSR count). The highest BCUT2D eigenvalue weighted by Gasteiger charge is 2.13. The van der Waals surface area contributed by atoms with Gasteiger partial charge in [0.1, 0.15) is 0 Å². The minimum atomic E-state index is -1.40. The number of allylic oxidation sites excluding steroid dienone is 2. The Hall–Kier alpha value is -1.45. The zero-order valence-corrected chi connectivity index (χ0v) is 7.00. The first-order valence-corrected chi connectivity index (χ1v) is 4.01. The number of nitrogens with one attached hydrogen (secondary N) is 1. The van der Waals surface area contributed by atoms with Crippen molar-refractivity contribution in [2.45, 2.75) is 6.42 Å². The number of rotatable bonds is 4. The van der Waals surface area contributed by atoms with E-state index in [0.29, 0.717) is 0 Å². The van der Waals surface area contributed by atoms with Crippen molar-refractivity contribution in [2.75, 3.05) is 6.54 Å². The maximum absolute atomic E-state index is 11.7. The Labute approximate surface area is 75.3 Å². The summed E-state index contributed by atoms with van der Waals surface area (Å²) in [5.74, 6) is -0.471. The van der Waals surface area contributed by atoms with E-state index < -0.39 is 6.04 Å². The monoisotopic (exact) mass is 183 g/mol. The molecule has 13 heavy (non-hydrogen) atoms. The molecule has 0 aromatic heterocycles. The standard InChI is InChI=1S/C9H10FNO2/c10-8(12)5-6-11-9(13)7-3-1-2-4-7/h1-4,7H,5-6H2,(H,11,13). The van der Waals surface area contributed by atoms with Gasteiger partial charge in [0.15, 0.2) is 0 Å². The summed E-state index contributed by atoms with van der Waals surface area (Å²) in [6.07, 6.45) is 6.74. The molecule has 4 heteroatoms. The second kappa shape index (κ2) is 4.54. The summed E-state index contributed by atoms with van der Waals surface area (Å²) in [5, 5.41) is 2.45. The van der Waals surface area contributed by atoms with E-state index in [1.54, 1.807) is 24.3 Å². The van der Waals surface area contributed by atoms with Crippen LogP contribution in [0.3, 0.4) is 0 Å². The predicted octanol–water partition coefficient (Wildman–Crippen LogP) is 0.731. The van der Waals surface area contributed by atoms with Crippen LogP contribution in [-0.2, 0) is 9.59 Å². The summed E-state index contributed by atoms with van der Waals surface area (Å²) < 4.78 is 11.7. The van der Waals surface area contributed by atoms with E-state index in [1.165, 1.54) is 0 Å².